The van der Waals surface area contributed by atoms with Crippen molar-refractivity contribution >= 4 is 23.8 Å². The molecule has 170 valence electrons. The Kier molecular flexibility index (Phi) is 6.71. The maximum absolute atomic E-state index is 14.9. The SMILES string of the molecule is CC(=O)NCC1CN(c2ccc(C3CCN(C(=O)OC(C)(C)C)CC3)c(F)c2)C(=O)O1. The summed E-state index contributed by atoms with van der Waals surface area (Å²) in [5.41, 5.74) is 0.450. The van der Waals surface area contributed by atoms with Crippen LogP contribution in [0, 0.1) is 5.82 Å². The summed E-state index contributed by atoms with van der Waals surface area (Å²) in [6, 6.07) is 4.76. The predicted molar refractivity (Wildman–Crippen MR) is 112 cm³/mol. The van der Waals surface area contributed by atoms with Gasteiger partial charge in [0.2, 0.25) is 5.91 Å². The predicted octanol–water partition coefficient (Wildman–Crippen LogP) is 3.40. The molecule has 1 aromatic carbocycles. The van der Waals surface area contributed by atoms with Crippen LogP contribution in [0.1, 0.15) is 52.0 Å². The number of anilines is 1. The number of rotatable bonds is 4. The Morgan fingerprint density at radius 2 is 1.94 bits per heavy atom. The zero-order chi connectivity index (χ0) is 22.8. The van der Waals surface area contributed by atoms with E-state index in [0.717, 1.165) is 0 Å². The lowest BCUT2D eigenvalue weighted by Crippen LogP contribution is -2.41. The van der Waals surface area contributed by atoms with Crippen LogP contribution < -0.4 is 10.2 Å². The molecule has 1 aromatic rings. The molecule has 31 heavy (non-hydrogen) atoms. The van der Waals surface area contributed by atoms with Gasteiger partial charge < -0.3 is 19.7 Å². The van der Waals surface area contributed by atoms with Crippen molar-refractivity contribution in [2.45, 2.75) is 58.2 Å². The largest absolute Gasteiger partial charge is 0.444 e. The van der Waals surface area contributed by atoms with E-state index in [0.29, 0.717) is 37.2 Å². The second-order valence-electron chi connectivity index (χ2n) is 9.00. The molecule has 1 unspecified atom stereocenters. The Labute approximate surface area is 181 Å². The monoisotopic (exact) mass is 435 g/mol. The highest BCUT2D eigenvalue weighted by Crippen LogP contribution is 2.33. The number of nitrogens with zero attached hydrogens (tertiary/aromatic N) is 2. The number of benzene rings is 1. The molecule has 9 heteroatoms. The Hall–Kier alpha value is -2.84. The van der Waals surface area contributed by atoms with Gasteiger partial charge in [-0.25, -0.2) is 14.0 Å². The van der Waals surface area contributed by atoms with Crippen molar-refractivity contribution in [3.05, 3.63) is 29.6 Å². The van der Waals surface area contributed by atoms with Crippen LogP contribution in [0.5, 0.6) is 0 Å². The third kappa shape index (κ3) is 5.86. The number of hydrogen-bond donors (Lipinski definition) is 1. The molecule has 2 fully saturated rings. The van der Waals surface area contributed by atoms with E-state index in [1.165, 1.54) is 17.9 Å². The van der Waals surface area contributed by atoms with E-state index >= 15 is 0 Å². The number of carbonyl (C=O) groups excluding carboxylic acids is 3. The molecule has 2 aliphatic rings. The molecule has 0 spiro atoms. The van der Waals surface area contributed by atoms with E-state index in [1.807, 2.05) is 20.8 Å². The lowest BCUT2D eigenvalue weighted by Gasteiger charge is -2.33. The highest BCUT2D eigenvalue weighted by atomic mass is 19.1. The smallest absolute Gasteiger partial charge is 0.414 e. The quantitative estimate of drug-likeness (QED) is 0.783. The van der Waals surface area contributed by atoms with Crippen molar-refractivity contribution in [3.63, 3.8) is 0 Å². The molecule has 0 radical (unpaired) electrons. The van der Waals surface area contributed by atoms with Gasteiger partial charge in [-0.2, -0.15) is 0 Å². The fourth-order valence-electron chi connectivity index (χ4n) is 3.81. The number of nitrogens with one attached hydrogen (secondary N) is 1. The number of carbonyl (C=O) groups is 3. The average Bonchev–Trinajstić information content (AvgIpc) is 3.06. The zero-order valence-corrected chi connectivity index (χ0v) is 18.4. The standard InChI is InChI=1S/C22H30FN3O5/c1-14(27)24-12-17-13-26(21(29)30-17)16-5-6-18(19(23)11-16)15-7-9-25(10-8-15)20(28)31-22(2,3)4/h5-6,11,15,17H,7-10,12-13H2,1-4H3,(H,24,27). The molecule has 8 nitrogen and oxygen atoms in total. The highest BCUT2D eigenvalue weighted by Gasteiger charge is 2.33. The maximum atomic E-state index is 14.9. The first kappa shape index (κ1) is 22.8. The Bertz CT molecular complexity index is 846. The van der Waals surface area contributed by atoms with Crippen LogP contribution in [0.2, 0.25) is 0 Å². The van der Waals surface area contributed by atoms with Gasteiger partial charge >= 0.3 is 12.2 Å². The molecule has 0 saturated carbocycles. The lowest BCUT2D eigenvalue weighted by molar-refractivity contribution is -0.119. The Morgan fingerprint density at radius 3 is 2.52 bits per heavy atom. The third-order valence-corrected chi connectivity index (χ3v) is 5.33. The van der Waals surface area contributed by atoms with Crippen LogP contribution >= 0.6 is 0 Å². The number of hydrogen-bond acceptors (Lipinski definition) is 5. The van der Waals surface area contributed by atoms with Gasteiger partial charge in [0, 0.05) is 20.0 Å². The van der Waals surface area contributed by atoms with Crippen molar-refractivity contribution in [1.29, 1.82) is 0 Å². The number of halogens is 1. The van der Waals surface area contributed by atoms with Crippen molar-refractivity contribution in [2.24, 2.45) is 0 Å². The van der Waals surface area contributed by atoms with Gasteiger partial charge in [-0.05, 0) is 57.2 Å². The Balaban J connectivity index is 1.60. The van der Waals surface area contributed by atoms with Crippen molar-refractivity contribution in [2.75, 3.05) is 31.1 Å². The minimum Gasteiger partial charge on any atom is -0.444 e. The van der Waals surface area contributed by atoms with Crippen molar-refractivity contribution in [1.82, 2.24) is 10.2 Å². The van der Waals surface area contributed by atoms with Crippen LogP contribution in [0.25, 0.3) is 0 Å². The number of cyclic esters (lactones) is 1. The molecular weight excluding hydrogens is 405 g/mol. The van der Waals surface area contributed by atoms with E-state index in [4.69, 9.17) is 9.47 Å². The molecule has 3 rings (SSSR count). The number of likely N-dealkylation sites (tertiary alicyclic amines) is 1. The van der Waals surface area contributed by atoms with Gasteiger partial charge in [0.15, 0.2) is 0 Å². The summed E-state index contributed by atoms with van der Waals surface area (Å²) in [4.78, 5) is 38.4. The topological polar surface area (TPSA) is 88.2 Å². The molecule has 2 heterocycles. The van der Waals surface area contributed by atoms with E-state index in [9.17, 15) is 18.8 Å². The normalized spacial score (nSPS) is 19.9. The molecule has 2 saturated heterocycles. The number of amides is 3. The summed E-state index contributed by atoms with van der Waals surface area (Å²) in [6.45, 7) is 8.33. The first-order valence-electron chi connectivity index (χ1n) is 10.5. The average molecular weight is 435 g/mol. The molecule has 0 aromatic heterocycles. The van der Waals surface area contributed by atoms with E-state index in [-0.39, 0.29) is 36.8 Å². The maximum Gasteiger partial charge on any atom is 0.414 e. The van der Waals surface area contributed by atoms with Crippen LogP contribution in [-0.2, 0) is 14.3 Å². The minimum absolute atomic E-state index is 0.00854. The fourth-order valence-corrected chi connectivity index (χ4v) is 3.81. The summed E-state index contributed by atoms with van der Waals surface area (Å²) in [6.07, 6.45) is -0.104. The van der Waals surface area contributed by atoms with Gasteiger partial charge in [0.25, 0.3) is 0 Å². The molecule has 2 aliphatic heterocycles. The van der Waals surface area contributed by atoms with Gasteiger partial charge in [0.1, 0.15) is 17.5 Å². The van der Waals surface area contributed by atoms with Gasteiger partial charge in [-0.15, -0.1) is 0 Å². The van der Waals surface area contributed by atoms with Crippen molar-refractivity contribution < 1.29 is 28.2 Å². The number of piperidine rings is 1. The summed E-state index contributed by atoms with van der Waals surface area (Å²) in [7, 11) is 0. The van der Waals surface area contributed by atoms with Gasteiger partial charge in [-0.3, -0.25) is 9.69 Å². The molecule has 0 bridgehead atoms. The van der Waals surface area contributed by atoms with E-state index < -0.39 is 17.8 Å². The van der Waals surface area contributed by atoms with Crippen molar-refractivity contribution in [3.8, 4) is 0 Å². The zero-order valence-electron chi connectivity index (χ0n) is 18.4. The first-order chi connectivity index (χ1) is 14.5. The van der Waals surface area contributed by atoms with Crippen LogP contribution in [-0.4, -0.2) is 60.9 Å². The first-order valence-corrected chi connectivity index (χ1v) is 10.5. The van der Waals surface area contributed by atoms with E-state index in [2.05, 4.69) is 5.32 Å². The van der Waals surface area contributed by atoms with Crippen LogP contribution in [0.4, 0.5) is 19.7 Å². The second-order valence-corrected chi connectivity index (χ2v) is 9.00. The molecule has 1 N–H and O–H groups in total. The number of ether oxygens (including phenoxy) is 2. The minimum atomic E-state index is -0.562. The van der Waals surface area contributed by atoms with E-state index in [1.54, 1.807) is 17.0 Å². The summed E-state index contributed by atoms with van der Waals surface area (Å²) >= 11 is 0. The summed E-state index contributed by atoms with van der Waals surface area (Å²) in [5.74, 6) is -0.597. The van der Waals surface area contributed by atoms with Gasteiger partial charge in [-0.1, -0.05) is 6.07 Å². The lowest BCUT2D eigenvalue weighted by atomic mass is 9.89. The second kappa shape index (κ2) is 9.11. The van der Waals surface area contributed by atoms with Gasteiger partial charge in [0.05, 0.1) is 18.8 Å². The summed E-state index contributed by atoms with van der Waals surface area (Å²) < 4.78 is 25.5. The molecule has 3 amide bonds. The summed E-state index contributed by atoms with van der Waals surface area (Å²) in [5, 5.41) is 2.61. The Morgan fingerprint density at radius 1 is 1.26 bits per heavy atom. The third-order valence-electron chi connectivity index (χ3n) is 5.33. The van der Waals surface area contributed by atoms with Crippen LogP contribution in [0.15, 0.2) is 18.2 Å². The highest BCUT2D eigenvalue weighted by molar-refractivity contribution is 5.89. The molecule has 1 atom stereocenters. The molecule has 0 aliphatic carbocycles. The van der Waals surface area contributed by atoms with Crippen LogP contribution in [0.3, 0.4) is 0 Å². The molecular formula is C22H30FN3O5. The fraction of sp³-hybridized carbons (Fsp3) is 0.591.